The molecule has 1 aromatic carbocycles. The van der Waals surface area contributed by atoms with Crippen molar-refractivity contribution in [2.75, 3.05) is 26.2 Å². The van der Waals surface area contributed by atoms with E-state index in [4.69, 9.17) is 0 Å². The van der Waals surface area contributed by atoms with Crippen molar-refractivity contribution in [2.45, 2.75) is 55.3 Å². The van der Waals surface area contributed by atoms with Crippen molar-refractivity contribution in [2.24, 2.45) is 11.8 Å². The van der Waals surface area contributed by atoms with E-state index in [0.29, 0.717) is 39.0 Å². The summed E-state index contributed by atoms with van der Waals surface area (Å²) in [6.07, 6.45) is 9.38. The molecule has 5 rings (SSSR count). The summed E-state index contributed by atoms with van der Waals surface area (Å²) in [6, 6.07) is 9.28. The molecule has 1 aromatic rings. The summed E-state index contributed by atoms with van der Waals surface area (Å²) in [5, 5.41) is 9.17. The predicted octanol–water partition coefficient (Wildman–Crippen LogP) is 2.46. The number of carbonyl (C=O) groups is 3. The van der Waals surface area contributed by atoms with Crippen LogP contribution in [0, 0.1) is 11.8 Å². The lowest BCUT2D eigenvalue weighted by Gasteiger charge is -2.36. The van der Waals surface area contributed by atoms with E-state index < -0.39 is 22.6 Å². The number of hydrogen-bond acceptors (Lipinski definition) is 5. The number of unbranched alkanes of at least 4 members (excludes halogenated alkanes) is 1. The molecule has 5 atom stereocenters. The highest BCUT2D eigenvalue weighted by Gasteiger charge is 2.70. The number of nitrogens with zero attached hydrogens (tertiary/aromatic N) is 3. The molecule has 7 nitrogen and oxygen atoms in total. The van der Waals surface area contributed by atoms with Crippen LogP contribution in [0.25, 0.3) is 0 Å². The highest BCUT2D eigenvalue weighted by Crippen LogP contribution is 2.61. The summed E-state index contributed by atoms with van der Waals surface area (Å²) >= 11 is 1.62. The Morgan fingerprint density at radius 1 is 1.03 bits per heavy atom. The van der Waals surface area contributed by atoms with Crippen LogP contribution >= 0.6 is 11.8 Å². The molecular formula is C28H35N3O4S. The molecule has 1 N–H and O–H groups in total. The van der Waals surface area contributed by atoms with E-state index in [9.17, 15) is 19.5 Å². The first-order chi connectivity index (χ1) is 17.4. The minimum atomic E-state index is -0.776. The van der Waals surface area contributed by atoms with E-state index in [0.717, 1.165) is 5.56 Å². The fraction of sp³-hybridized carbons (Fsp3) is 0.536. The van der Waals surface area contributed by atoms with Gasteiger partial charge in [-0.2, -0.15) is 0 Å². The highest BCUT2D eigenvalue weighted by molar-refractivity contribution is 8.02. The lowest BCUT2D eigenvalue weighted by molar-refractivity contribution is -0.145. The van der Waals surface area contributed by atoms with Gasteiger partial charge in [-0.1, -0.05) is 54.6 Å². The van der Waals surface area contributed by atoms with Crippen LogP contribution in [0.4, 0.5) is 0 Å². The van der Waals surface area contributed by atoms with Gasteiger partial charge in [0.15, 0.2) is 0 Å². The Morgan fingerprint density at radius 3 is 2.53 bits per heavy atom. The van der Waals surface area contributed by atoms with Crippen molar-refractivity contribution >= 4 is 29.5 Å². The zero-order valence-corrected chi connectivity index (χ0v) is 21.8. The molecule has 2 fully saturated rings. The first kappa shape index (κ1) is 25.1. The van der Waals surface area contributed by atoms with Crippen molar-refractivity contribution in [1.82, 2.24) is 14.7 Å². The minimum absolute atomic E-state index is 0.00511. The van der Waals surface area contributed by atoms with E-state index in [1.807, 2.05) is 66.1 Å². The summed E-state index contributed by atoms with van der Waals surface area (Å²) in [5.74, 6) is -1.27. The van der Waals surface area contributed by atoms with E-state index in [1.54, 1.807) is 16.7 Å². The van der Waals surface area contributed by atoms with Crippen molar-refractivity contribution in [3.8, 4) is 0 Å². The second kappa shape index (κ2) is 10.1. The van der Waals surface area contributed by atoms with Crippen LogP contribution in [0.2, 0.25) is 0 Å². The van der Waals surface area contributed by atoms with Gasteiger partial charge in [0.25, 0.3) is 0 Å². The molecule has 0 aromatic heterocycles. The van der Waals surface area contributed by atoms with Crippen molar-refractivity contribution in [1.29, 1.82) is 0 Å². The van der Waals surface area contributed by atoms with Crippen molar-refractivity contribution < 1.29 is 19.5 Å². The van der Waals surface area contributed by atoms with Crippen LogP contribution in [-0.2, 0) is 20.9 Å². The minimum Gasteiger partial charge on any atom is -0.396 e. The number of carbonyl (C=O) groups excluding carboxylic acids is 3. The molecule has 1 spiro atoms. The second-order valence-corrected chi connectivity index (χ2v) is 11.9. The fourth-order valence-corrected chi connectivity index (χ4v) is 8.26. The summed E-state index contributed by atoms with van der Waals surface area (Å²) in [6.45, 7) is 5.94. The topological polar surface area (TPSA) is 81.2 Å². The first-order valence-corrected chi connectivity index (χ1v) is 13.8. The van der Waals surface area contributed by atoms with Crippen LogP contribution in [-0.4, -0.2) is 85.8 Å². The lowest BCUT2D eigenvalue weighted by atomic mass is 9.78. The quantitative estimate of drug-likeness (QED) is 0.451. The summed E-state index contributed by atoms with van der Waals surface area (Å²) in [7, 11) is 0. The third-order valence-electron chi connectivity index (χ3n) is 7.92. The maximum atomic E-state index is 14.1. The SMILES string of the molecule is CC(C)N1CC=C[C@]23S[C@H]4C=CCN(Cc5ccccc5)C(=O)[C@H]4[C@H]2C(=O)N(CCCCO)C3C1=O. The highest BCUT2D eigenvalue weighted by atomic mass is 32.2. The molecule has 8 heteroatoms. The summed E-state index contributed by atoms with van der Waals surface area (Å²) in [5.41, 5.74) is 1.05. The van der Waals surface area contributed by atoms with Gasteiger partial charge in [0.1, 0.15) is 6.04 Å². The van der Waals surface area contributed by atoms with Gasteiger partial charge >= 0.3 is 0 Å². The average Bonchev–Trinajstić information content (AvgIpc) is 3.17. The number of aliphatic hydroxyl groups is 1. The Morgan fingerprint density at radius 2 is 1.81 bits per heavy atom. The molecule has 0 radical (unpaired) electrons. The molecule has 192 valence electrons. The summed E-state index contributed by atoms with van der Waals surface area (Å²) in [4.78, 5) is 47.5. The van der Waals surface area contributed by atoms with E-state index in [1.165, 1.54) is 0 Å². The number of benzene rings is 1. The predicted molar refractivity (Wildman–Crippen MR) is 140 cm³/mol. The van der Waals surface area contributed by atoms with E-state index in [-0.39, 0.29) is 35.6 Å². The summed E-state index contributed by atoms with van der Waals surface area (Å²) < 4.78 is -0.776. The molecule has 0 aliphatic carbocycles. The molecule has 36 heavy (non-hydrogen) atoms. The van der Waals surface area contributed by atoms with Crippen LogP contribution in [0.5, 0.6) is 0 Å². The number of rotatable bonds is 7. The lowest BCUT2D eigenvalue weighted by Crippen LogP contribution is -2.54. The number of fused-ring (bicyclic) bond motifs is 2. The standard InChI is InChI=1S/C28H35N3O4S/c1-19(2)30-16-9-13-28-23(26(34)31(15-6-7-17-32)24(28)27(30)35)22-21(36-28)12-8-14-29(25(22)33)18-20-10-4-3-5-11-20/h3-5,8-13,19,21-24,32H,6-7,14-18H2,1-2H3/t21-,22+,23-,24?,28-/m0/s1. The van der Waals surface area contributed by atoms with E-state index >= 15 is 0 Å². The van der Waals surface area contributed by atoms with Crippen molar-refractivity contribution in [3.63, 3.8) is 0 Å². The number of hydrogen-bond donors (Lipinski definition) is 1. The van der Waals surface area contributed by atoms with Crippen LogP contribution in [0.1, 0.15) is 32.3 Å². The molecule has 0 saturated carbocycles. The number of aliphatic hydroxyl groups excluding tert-OH is 1. The smallest absolute Gasteiger partial charge is 0.247 e. The van der Waals surface area contributed by atoms with Gasteiger partial charge in [0.05, 0.1) is 16.6 Å². The van der Waals surface area contributed by atoms with Gasteiger partial charge < -0.3 is 19.8 Å². The van der Waals surface area contributed by atoms with Crippen molar-refractivity contribution in [3.05, 3.63) is 60.2 Å². The maximum absolute atomic E-state index is 14.1. The Bertz CT molecular complexity index is 1070. The number of likely N-dealkylation sites (tertiary alicyclic amines) is 1. The van der Waals surface area contributed by atoms with Gasteiger partial charge in [-0.05, 0) is 32.3 Å². The number of thioether (sulfide) groups is 1. The van der Waals surface area contributed by atoms with Gasteiger partial charge in [-0.3, -0.25) is 14.4 Å². The Kier molecular flexibility index (Phi) is 7.01. The molecule has 4 aliphatic heterocycles. The molecule has 3 amide bonds. The van der Waals surface area contributed by atoms with Gasteiger partial charge in [0, 0.05) is 44.1 Å². The van der Waals surface area contributed by atoms with Crippen LogP contribution < -0.4 is 0 Å². The average molecular weight is 510 g/mol. The largest absolute Gasteiger partial charge is 0.396 e. The molecule has 1 unspecified atom stereocenters. The van der Waals surface area contributed by atoms with Crippen LogP contribution in [0.15, 0.2) is 54.6 Å². The zero-order valence-electron chi connectivity index (χ0n) is 21.0. The normalized spacial score (nSPS) is 31.6. The Hall–Kier alpha value is -2.58. The van der Waals surface area contributed by atoms with Crippen LogP contribution in [0.3, 0.4) is 0 Å². The molecule has 4 aliphatic rings. The molecular weight excluding hydrogens is 474 g/mol. The molecule has 4 heterocycles. The zero-order chi connectivity index (χ0) is 25.4. The maximum Gasteiger partial charge on any atom is 0.247 e. The van der Waals surface area contributed by atoms with Gasteiger partial charge in [-0.25, -0.2) is 0 Å². The third kappa shape index (κ3) is 4.08. The Balaban J connectivity index is 1.53. The molecule has 2 saturated heterocycles. The number of amides is 3. The molecule has 0 bridgehead atoms. The fourth-order valence-electron chi connectivity index (χ4n) is 6.25. The Labute approximate surface area is 217 Å². The van der Waals surface area contributed by atoms with E-state index in [2.05, 4.69) is 12.2 Å². The van der Waals surface area contributed by atoms with Gasteiger partial charge in [0.2, 0.25) is 17.7 Å². The first-order valence-electron chi connectivity index (χ1n) is 13.0. The third-order valence-corrected chi connectivity index (χ3v) is 9.66. The second-order valence-electron chi connectivity index (χ2n) is 10.4. The monoisotopic (exact) mass is 509 g/mol. The van der Waals surface area contributed by atoms with Gasteiger partial charge in [-0.15, -0.1) is 11.8 Å².